The number of nitrogens with one attached hydrogen (secondary N) is 2. The molecule has 1 amide bonds. The van der Waals surface area contributed by atoms with Gasteiger partial charge in [0.25, 0.3) is 9.70 Å². The molecule has 0 aliphatic carbocycles. The topological polar surface area (TPSA) is 54.0 Å². The maximum atomic E-state index is 11.5. The molecule has 1 aromatic heterocycles. The number of alkyl halides is 3. The first kappa shape index (κ1) is 17.0. The Morgan fingerprint density at radius 3 is 2.67 bits per heavy atom. The summed E-state index contributed by atoms with van der Waals surface area (Å²) in [5.74, 6) is -0.843. The molecule has 2 aromatic rings. The normalized spacial score (nSPS) is 11.5. The third kappa shape index (κ3) is 4.31. The minimum absolute atomic E-state index is 0.00630. The van der Waals surface area contributed by atoms with E-state index in [0.29, 0.717) is 10.2 Å². The summed E-state index contributed by atoms with van der Waals surface area (Å²) in [5.41, 5.74) is 1.68. The summed E-state index contributed by atoms with van der Waals surface area (Å²) < 4.78 is -1.14. The summed E-state index contributed by atoms with van der Waals surface area (Å²) in [6.07, 6.45) is 0. The number of thiocarbonyl (C=S) groups is 1. The van der Waals surface area contributed by atoms with Gasteiger partial charge in [-0.3, -0.25) is 10.1 Å². The van der Waals surface area contributed by atoms with Gasteiger partial charge >= 0.3 is 0 Å². The fourth-order valence-corrected chi connectivity index (χ4v) is 2.91. The van der Waals surface area contributed by atoms with Crippen LogP contribution in [0.5, 0.6) is 0 Å². The Morgan fingerprint density at radius 1 is 1.38 bits per heavy atom. The van der Waals surface area contributed by atoms with Crippen molar-refractivity contribution < 1.29 is 4.79 Å². The predicted octanol–water partition coefficient (Wildman–Crippen LogP) is 4.44. The number of fused-ring (bicyclic) bond motifs is 1. The number of carbonyl (C=O) groups excluding carboxylic acids is 1. The number of carbonyl (C=O) groups is 1. The largest absolute Gasteiger partial charge is 0.308 e. The van der Waals surface area contributed by atoms with Gasteiger partial charge in [0.2, 0.25) is 0 Å². The van der Waals surface area contributed by atoms with Crippen LogP contribution in [0.15, 0.2) is 12.1 Å². The number of anilines is 1. The maximum Gasteiger partial charge on any atom is 0.278 e. The van der Waals surface area contributed by atoms with Crippen molar-refractivity contribution in [3.05, 3.63) is 22.7 Å². The van der Waals surface area contributed by atoms with E-state index in [0.717, 1.165) is 15.8 Å². The predicted molar refractivity (Wildman–Crippen MR) is 94.0 cm³/mol. The molecule has 112 valence electrons. The zero-order chi connectivity index (χ0) is 15.8. The Balaban J connectivity index is 2.13. The first-order valence-corrected chi connectivity index (χ1v) is 8.16. The Hall–Kier alpha value is -0.370. The lowest BCUT2D eigenvalue weighted by Gasteiger charge is -2.11. The summed E-state index contributed by atoms with van der Waals surface area (Å²) in [5, 5.41) is 6.15. The van der Waals surface area contributed by atoms with E-state index >= 15 is 0 Å². The number of nitrogens with zero attached hydrogens (tertiary/aromatic N) is 1. The summed E-state index contributed by atoms with van der Waals surface area (Å²) in [4.78, 5) is 15.8. The molecule has 0 radical (unpaired) electrons. The monoisotopic (exact) mass is 401 g/mol. The van der Waals surface area contributed by atoms with E-state index < -0.39 is 9.70 Å². The standard InChI is InChI=1S/C11H7Cl4N3OS2/c1-4-2-7-6(3-5(4)12)16-10(21-7)18-9(20)17-8(19)11(13,14)15/h2-3H,1H3,(H2,16,17,18,19,20). The van der Waals surface area contributed by atoms with Crippen LogP contribution in [0.2, 0.25) is 5.02 Å². The van der Waals surface area contributed by atoms with Gasteiger partial charge in [-0.25, -0.2) is 4.98 Å². The molecular formula is C11H7Cl4N3OS2. The number of amides is 1. The first-order chi connectivity index (χ1) is 9.66. The molecule has 0 unspecified atom stereocenters. The number of hydrogen-bond acceptors (Lipinski definition) is 4. The quantitative estimate of drug-likeness (QED) is 0.546. The molecule has 1 heterocycles. The van der Waals surface area contributed by atoms with Gasteiger partial charge in [-0.2, -0.15) is 0 Å². The molecule has 0 saturated heterocycles. The van der Waals surface area contributed by atoms with Crippen LogP contribution in [0.3, 0.4) is 0 Å². The van der Waals surface area contributed by atoms with Crippen molar-refractivity contribution >= 4 is 96.3 Å². The lowest BCUT2D eigenvalue weighted by atomic mass is 10.2. The molecule has 0 spiro atoms. The van der Waals surface area contributed by atoms with Crippen LogP contribution in [-0.2, 0) is 4.79 Å². The maximum absolute atomic E-state index is 11.5. The molecule has 0 aliphatic rings. The highest BCUT2D eigenvalue weighted by Gasteiger charge is 2.31. The Morgan fingerprint density at radius 2 is 2.05 bits per heavy atom. The molecular weight excluding hydrogens is 396 g/mol. The summed E-state index contributed by atoms with van der Waals surface area (Å²) >= 11 is 28.7. The lowest BCUT2D eigenvalue weighted by molar-refractivity contribution is -0.118. The van der Waals surface area contributed by atoms with E-state index in [9.17, 15) is 4.79 Å². The van der Waals surface area contributed by atoms with Crippen LogP contribution < -0.4 is 10.6 Å². The molecule has 1 aromatic carbocycles. The van der Waals surface area contributed by atoms with E-state index in [-0.39, 0.29) is 5.11 Å². The molecule has 21 heavy (non-hydrogen) atoms. The van der Waals surface area contributed by atoms with Gasteiger partial charge in [0.1, 0.15) is 0 Å². The third-order valence-corrected chi connectivity index (χ3v) is 4.43. The van der Waals surface area contributed by atoms with Crippen molar-refractivity contribution in [3.8, 4) is 0 Å². The van der Waals surface area contributed by atoms with Crippen molar-refractivity contribution in [2.45, 2.75) is 10.7 Å². The van der Waals surface area contributed by atoms with Gasteiger partial charge in [0, 0.05) is 5.02 Å². The molecule has 10 heteroatoms. The number of halogens is 4. The SMILES string of the molecule is Cc1cc2sc(NC(=S)NC(=O)C(Cl)(Cl)Cl)nc2cc1Cl. The second kappa shape index (κ2) is 6.40. The average Bonchev–Trinajstić information content (AvgIpc) is 2.69. The molecule has 0 atom stereocenters. The van der Waals surface area contributed by atoms with E-state index in [1.165, 1.54) is 11.3 Å². The van der Waals surface area contributed by atoms with Gasteiger partial charge in [-0.05, 0) is 36.8 Å². The van der Waals surface area contributed by atoms with Crippen molar-refractivity contribution in [1.29, 1.82) is 0 Å². The fourth-order valence-electron chi connectivity index (χ4n) is 1.41. The van der Waals surface area contributed by atoms with Crippen LogP contribution >= 0.6 is 70.0 Å². The molecule has 0 fully saturated rings. The van der Waals surface area contributed by atoms with Crippen LogP contribution in [0.1, 0.15) is 5.56 Å². The van der Waals surface area contributed by atoms with Gasteiger partial charge < -0.3 is 5.32 Å². The smallest absolute Gasteiger partial charge is 0.278 e. The minimum Gasteiger partial charge on any atom is -0.308 e. The number of aryl methyl sites for hydroxylation is 1. The lowest BCUT2D eigenvalue weighted by Crippen LogP contribution is -2.41. The molecule has 4 nitrogen and oxygen atoms in total. The molecule has 2 rings (SSSR count). The number of hydrogen-bond donors (Lipinski definition) is 2. The van der Waals surface area contributed by atoms with Crippen molar-refractivity contribution in [2.24, 2.45) is 0 Å². The Bertz CT molecular complexity index is 687. The highest BCUT2D eigenvalue weighted by atomic mass is 35.6. The zero-order valence-electron chi connectivity index (χ0n) is 10.3. The molecule has 2 N–H and O–H groups in total. The van der Waals surface area contributed by atoms with Crippen molar-refractivity contribution in [2.75, 3.05) is 5.32 Å². The van der Waals surface area contributed by atoms with Crippen LogP contribution in [0.25, 0.3) is 10.2 Å². The highest BCUT2D eigenvalue weighted by Crippen LogP contribution is 2.30. The van der Waals surface area contributed by atoms with Crippen molar-refractivity contribution in [3.63, 3.8) is 0 Å². The highest BCUT2D eigenvalue weighted by molar-refractivity contribution is 7.80. The number of rotatable bonds is 1. The van der Waals surface area contributed by atoms with E-state index in [1.807, 2.05) is 13.0 Å². The summed E-state index contributed by atoms with van der Waals surface area (Å²) in [6, 6.07) is 3.68. The van der Waals surface area contributed by atoms with Gasteiger partial charge in [-0.1, -0.05) is 57.7 Å². The molecule has 0 saturated carbocycles. The number of aromatic nitrogens is 1. The number of benzene rings is 1. The van der Waals surface area contributed by atoms with E-state index in [4.69, 9.17) is 58.6 Å². The van der Waals surface area contributed by atoms with Gasteiger partial charge in [-0.15, -0.1) is 0 Å². The average molecular weight is 403 g/mol. The molecule has 0 bridgehead atoms. The van der Waals surface area contributed by atoms with Crippen LogP contribution in [0.4, 0.5) is 5.13 Å². The Kier molecular flexibility index (Phi) is 5.18. The van der Waals surface area contributed by atoms with Gasteiger partial charge in [0.05, 0.1) is 10.2 Å². The molecule has 0 aliphatic heterocycles. The zero-order valence-corrected chi connectivity index (χ0v) is 15.0. The fraction of sp³-hybridized carbons (Fsp3) is 0.182. The van der Waals surface area contributed by atoms with Crippen LogP contribution in [-0.4, -0.2) is 19.8 Å². The first-order valence-electron chi connectivity index (χ1n) is 5.42. The van der Waals surface area contributed by atoms with E-state index in [1.54, 1.807) is 6.07 Å². The van der Waals surface area contributed by atoms with Crippen LogP contribution in [0, 0.1) is 6.92 Å². The third-order valence-electron chi connectivity index (χ3n) is 2.37. The van der Waals surface area contributed by atoms with Crippen molar-refractivity contribution in [1.82, 2.24) is 10.3 Å². The second-order valence-electron chi connectivity index (χ2n) is 3.99. The summed E-state index contributed by atoms with van der Waals surface area (Å²) in [7, 11) is 0. The summed E-state index contributed by atoms with van der Waals surface area (Å²) in [6.45, 7) is 1.90. The minimum atomic E-state index is -2.08. The Labute approximate surface area is 149 Å². The number of thiazole rings is 1. The van der Waals surface area contributed by atoms with E-state index in [2.05, 4.69) is 15.6 Å². The second-order valence-corrected chi connectivity index (χ2v) is 8.12. The van der Waals surface area contributed by atoms with Gasteiger partial charge in [0.15, 0.2) is 10.2 Å².